The van der Waals surface area contributed by atoms with E-state index < -0.39 is 10.3 Å². The van der Waals surface area contributed by atoms with E-state index in [1.54, 1.807) is 12.1 Å². The highest BCUT2D eigenvalue weighted by atomic mass is 32.2. The van der Waals surface area contributed by atoms with Gasteiger partial charge in [-0.15, -0.1) is 12.5 Å². The zero-order valence-corrected chi connectivity index (χ0v) is 10.6. The number of nitrogens with zero attached hydrogens (tertiary/aromatic N) is 3. The minimum atomic E-state index is -4.62. The van der Waals surface area contributed by atoms with Crippen molar-refractivity contribution in [3.05, 3.63) is 29.8 Å². The molecule has 0 aliphatic heterocycles. The van der Waals surface area contributed by atoms with Crippen molar-refractivity contribution in [1.82, 2.24) is 0 Å². The Kier molecular flexibility index (Phi) is 4.19. The van der Waals surface area contributed by atoms with E-state index in [-0.39, 0.29) is 9.79 Å². The van der Waals surface area contributed by atoms with Gasteiger partial charge in [-0.3, -0.25) is 0 Å². The largest absolute Gasteiger partial charge is 0.501 e. The molecule has 17 heavy (non-hydrogen) atoms. The number of hydrogen-bond donors (Lipinski definition) is 1. The lowest BCUT2D eigenvalue weighted by molar-refractivity contribution is -0.298. The molecule has 0 spiro atoms. The molecule has 0 fully saturated rings. The smallest absolute Gasteiger partial charge is 0.478 e. The van der Waals surface area contributed by atoms with Crippen LogP contribution in [0.25, 0.3) is 5.53 Å². The highest BCUT2D eigenvalue weighted by Crippen LogP contribution is 2.20. The molecule has 0 aliphatic carbocycles. The maximum Gasteiger partial charge on any atom is 0.501 e. The van der Waals surface area contributed by atoms with Crippen LogP contribution in [0, 0.1) is 0 Å². The van der Waals surface area contributed by atoms with E-state index in [0.717, 1.165) is 18.8 Å². The van der Waals surface area contributed by atoms with Gasteiger partial charge < -0.3 is 10.4 Å². The minimum absolute atomic E-state index is 0.0107. The van der Waals surface area contributed by atoms with Gasteiger partial charge in [-0.1, -0.05) is 0 Å². The van der Waals surface area contributed by atoms with Crippen molar-refractivity contribution in [3.63, 3.8) is 0 Å². The third-order valence-electron chi connectivity index (χ3n) is 2.42. The van der Waals surface area contributed by atoms with Crippen molar-refractivity contribution in [2.75, 3.05) is 18.0 Å². The van der Waals surface area contributed by atoms with Crippen LogP contribution in [-0.2, 0) is 10.3 Å². The second-order valence-electron chi connectivity index (χ2n) is 3.41. The maximum atomic E-state index is 10.7. The van der Waals surface area contributed by atoms with Crippen LogP contribution in [0.4, 0.5) is 11.4 Å². The van der Waals surface area contributed by atoms with Gasteiger partial charge in [0.2, 0.25) is 5.69 Å². The van der Waals surface area contributed by atoms with E-state index in [0.29, 0.717) is 0 Å². The van der Waals surface area contributed by atoms with Crippen molar-refractivity contribution in [2.24, 2.45) is 0 Å². The molecule has 0 aromatic heterocycles. The molecule has 94 valence electrons. The SMILES string of the molecule is CCN(CC)c1ccc([N+](=[N-])S(=O)(=O)O)cc1. The molecule has 7 heteroatoms. The zero-order chi connectivity index (χ0) is 13.1. The van der Waals surface area contributed by atoms with Crippen LogP contribution >= 0.6 is 0 Å². The summed E-state index contributed by atoms with van der Waals surface area (Å²) in [5.74, 6) is 0. The average Bonchev–Trinajstić information content (AvgIpc) is 2.29. The Labute approximate surface area is 101 Å². The first-order valence-corrected chi connectivity index (χ1v) is 6.61. The van der Waals surface area contributed by atoms with Gasteiger partial charge in [-0.05, 0) is 26.0 Å². The Hall–Kier alpha value is -1.47. The van der Waals surface area contributed by atoms with Crippen molar-refractivity contribution in [2.45, 2.75) is 13.8 Å². The van der Waals surface area contributed by atoms with Crippen LogP contribution in [0.5, 0.6) is 0 Å². The fourth-order valence-corrected chi connectivity index (χ4v) is 1.90. The number of anilines is 1. The Morgan fingerprint density at radius 3 is 2.06 bits per heavy atom. The van der Waals surface area contributed by atoms with Crippen molar-refractivity contribution >= 4 is 21.7 Å². The molecule has 0 saturated heterocycles. The van der Waals surface area contributed by atoms with Gasteiger partial charge in [0.25, 0.3) is 0 Å². The first-order chi connectivity index (χ1) is 7.90. The molecule has 1 aromatic rings. The Morgan fingerprint density at radius 1 is 1.24 bits per heavy atom. The molecule has 0 aliphatic rings. The highest BCUT2D eigenvalue weighted by molar-refractivity contribution is 7.79. The molecule has 0 atom stereocenters. The fraction of sp³-hybridized carbons (Fsp3) is 0.400. The van der Waals surface area contributed by atoms with Gasteiger partial charge >= 0.3 is 10.3 Å². The van der Waals surface area contributed by atoms with E-state index in [4.69, 9.17) is 4.55 Å². The zero-order valence-electron chi connectivity index (χ0n) is 9.74. The molecule has 0 saturated carbocycles. The molecule has 0 heterocycles. The molecule has 0 radical (unpaired) electrons. The molecule has 0 amide bonds. The van der Waals surface area contributed by atoms with Gasteiger partial charge in [0.15, 0.2) is 0 Å². The van der Waals surface area contributed by atoms with Gasteiger partial charge in [0, 0.05) is 30.9 Å². The Morgan fingerprint density at radius 2 is 1.71 bits per heavy atom. The van der Waals surface area contributed by atoms with E-state index in [9.17, 15) is 13.9 Å². The van der Waals surface area contributed by atoms with Gasteiger partial charge in [0.05, 0.1) is 0 Å². The molecule has 6 nitrogen and oxygen atoms in total. The summed E-state index contributed by atoms with van der Waals surface area (Å²) in [5.41, 5.74) is 10.1. The molecule has 1 rings (SSSR count). The number of hydrogen-bond acceptors (Lipinski definition) is 3. The van der Waals surface area contributed by atoms with Crippen LogP contribution in [-0.4, -0.2) is 30.2 Å². The lowest BCUT2D eigenvalue weighted by atomic mass is 10.2. The highest BCUT2D eigenvalue weighted by Gasteiger charge is 2.17. The molecule has 1 aromatic carbocycles. The Bertz CT molecular complexity index is 492. The molecular weight excluding hydrogens is 242 g/mol. The van der Waals surface area contributed by atoms with Gasteiger partial charge in [-0.2, -0.15) is 0 Å². The summed E-state index contributed by atoms with van der Waals surface area (Å²) in [7, 11) is -4.62. The quantitative estimate of drug-likeness (QED) is 0.497. The maximum absolute atomic E-state index is 10.7. The second kappa shape index (κ2) is 5.24. The molecular formula is C10H15N3O3S. The van der Waals surface area contributed by atoms with E-state index >= 15 is 0 Å². The summed E-state index contributed by atoms with van der Waals surface area (Å²) < 4.78 is 29.8. The summed E-state index contributed by atoms with van der Waals surface area (Å²) >= 11 is 0. The fourth-order valence-electron chi connectivity index (χ4n) is 1.51. The minimum Gasteiger partial charge on any atom is -0.478 e. The van der Waals surface area contributed by atoms with Crippen LogP contribution in [0.2, 0.25) is 0 Å². The first-order valence-electron chi connectivity index (χ1n) is 5.21. The van der Waals surface area contributed by atoms with E-state index in [2.05, 4.69) is 4.90 Å². The van der Waals surface area contributed by atoms with Crippen LogP contribution in [0.3, 0.4) is 0 Å². The van der Waals surface area contributed by atoms with Crippen molar-refractivity contribution in [1.29, 1.82) is 0 Å². The lowest BCUT2D eigenvalue weighted by Gasteiger charge is -2.20. The van der Waals surface area contributed by atoms with Crippen molar-refractivity contribution < 1.29 is 17.1 Å². The van der Waals surface area contributed by atoms with E-state index in [1.807, 2.05) is 13.8 Å². The molecule has 0 unspecified atom stereocenters. The standard InChI is InChI=1S/C10H15N3O3S/c1-3-12(4-2)9-5-7-10(8-6-9)13(11)17(14,15)16/h5-8H,3-4H2,1-2H3,(H,14,15,16). The number of benzene rings is 1. The summed E-state index contributed by atoms with van der Waals surface area (Å²) in [4.78, 5) is 2.07. The second-order valence-corrected chi connectivity index (χ2v) is 4.65. The van der Waals surface area contributed by atoms with Crippen LogP contribution in [0.1, 0.15) is 13.8 Å². The third-order valence-corrected chi connectivity index (χ3v) is 3.07. The van der Waals surface area contributed by atoms with Crippen LogP contribution < -0.4 is 4.90 Å². The monoisotopic (exact) mass is 257 g/mol. The predicted octanol–water partition coefficient (Wildman–Crippen LogP) is 2.00. The van der Waals surface area contributed by atoms with Gasteiger partial charge in [-0.25, -0.2) is 4.55 Å². The lowest BCUT2D eigenvalue weighted by Crippen LogP contribution is -2.21. The molecule has 0 bridgehead atoms. The summed E-state index contributed by atoms with van der Waals surface area (Å²) in [6.07, 6.45) is 0. The van der Waals surface area contributed by atoms with Crippen LogP contribution in [0.15, 0.2) is 24.3 Å². The van der Waals surface area contributed by atoms with Crippen molar-refractivity contribution in [3.8, 4) is 0 Å². The Balaban J connectivity index is 3.00. The van der Waals surface area contributed by atoms with E-state index in [1.165, 1.54) is 12.1 Å². The molecule has 1 N–H and O–H groups in total. The summed E-state index contributed by atoms with van der Waals surface area (Å²) in [5, 5.41) is 0. The summed E-state index contributed by atoms with van der Waals surface area (Å²) in [6.45, 7) is 5.68. The normalized spacial score (nSPS) is 11.2. The van der Waals surface area contributed by atoms with Gasteiger partial charge in [0.1, 0.15) is 0 Å². The third kappa shape index (κ3) is 3.24. The first kappa shape index (κ1) is 13.6. The summed E-state index contributed by atoms with van der Waals surface area (Å²) in [6, 6.07) is 6.19. The number of rotatable bonds is 5. The predicted molar refractivity (Wildman–Crippen MR) is 64.8 cm³/mol. The average molecular weight is 257 g/mol. The topological polar surface area (TPSA) is 82.9 Å².